The molecule has 0 aromatic carbocycles. The van der Waals surface area contributed by atoms with E-state index in [0.717, 1.165) is 12.8 Å². The normalized spacial score (nSPS) is 25.7. The van der Waals surface area contributed by atoms with E-state index in [0.29, 0.717) is 19.3 Å². The third kappa shape index (κ3) is 4.26. The molecule has 1 saturated carbocycles. The van der Waals surface area contributed by atoms with E-state index >= 15 is 0 Å². The maximum Gasteiger partial charge on any atom is 0.460 e. The molecule has 0 saturated heterocycles. The van der Waals surface area contributed by atoms with Crippen LogP contribution in [-0.2, 0) is 0 Å². The molecule has 0 nitrogen and oxygen atoms in total. The lowest BCUT2D eigenvalue weighted by atomic mass is 9.81. The van der Waals surface area contributed by atoms with E-state index in [1.807, 2.05) is 6.92 Å². The molecule has 0 amide bonds. The molecule has 0 bridgehead atoms. The number of halogens is 9. The van der Waals surface area contributed by atoms with Crippen LogP contribution in [0, 0.1) is 17.8 Å². The molecule has 0 aliphatic heterocycles. The molecule has 1 aliphatic carbocycles. The highest BCUT2D eigenvalue weighted by molar-refractivity contribution is 5.06. The van der Waals surface area contributed by atoms with Crippen LogP contribution in [0.15, 0.2) is 0 Å². The van der Waals surface area contributed by atoms with Gasteiger partial charge in [0.1, 0.15) is 0 Å². The lowest BCUT2D eigenvalue weighted by Crippen LogP contribution is -2.63. The second kappa shape index (κ2) is 8.17. The highest BCUT2D eigenvalue weighted by Gasteiger charge is 2.83. The van der Waals surface area contributed by atoms with Gasteiger partial charge in [0.2, 0.25) is 0 Å². The Morgan fingerprint density at radius 3 is 1.77 bits per heavy atom. The molecule has 3 unspecified atom stereocenters. The third-order valence-electron chi connectivity index (χ3n) is 5.43. The van der Waals surface area contributed by atoms with E-state index in [-0.39, 0.29) is 18.8 Å². The van der Waals surface area contributed by atoms with Gasteiger partial charge in [-0.3, -0.25) is 0 Å². The van der Waals surface area contributed by atoms with Gasteiger partial charge in [-0.15, -0.1) is 0 Å². The first kappa shape index (κ1) is 23.4. The van der Waals surface area contributed by atoms with Gasteiger partial charge in [-0.2, -0.15) is 39.5 Å². The highest BCUT2D eigenvalue weighted by atomic mass is 19.4. The number of unbranched alkanes of at least 4 members (excludes halogenated alkanes) is 3. The second-order valence-electron chi connectivity index (χ2n) is 7.23. The minimum absolute atomic E-state index is 0.129. The molecule has 0 aromatic rings. The first-order valence-corrected chi connectivity index (χ1v) is 8.94. The van der Waals surface area contributed by atoms with Crippen molar-refractivity contribution >= 4 is 0 Å². The zero-order chi connectivity index (χ0) is 20.4. The smallest absolute Gasteiger partial charge is 0.199 e. The molecule has 1 fully saturated rings. The molecule has 0 heterocycles. The maximum absolute atomic E-state index is 14.3. The summed E-state index contributed by atoms with van der Waals surface area (Å²) in [5.74, 6) is -22.3. The van der Waals surface area contributed by atoms with Gasteiger partial charge >= 0.3 is 23.9 Å². The van der Waals surface area contributed by atoms with E-state index in [1.165, 1.54) is 0 Å². The van der Waals surface area contributed by atoms with Gasteiger partial charge in [0.05, 0.1) is 0 Å². The molecule has 156 valence electrons. The average Bonchev–Trinajstić information content (AvgIpc) is 2.94. The van der Waals surface area contributed by atoms with Crippen molar-refractivity contribution in [1.29, 1.82) is 0 Å². The van der Waals surface area contributed by atoms with Crippen molar-refractivity contribution in [2.45, 2.75) is 89.2 Å². The van der Waals surface area contributed by atoms with Gasteiger partial charge in [-0.25, -0.2) is 0 Å². The van der Waals surface area contributed by atoms with Gasteiger partial charge in [0.15, 0.2) is 0 Å². The summed E-state index contributed by atoms with van der Waals surface area (Å²) in [6, 6.07) is 0. The summed E-state index contributed by atoms with van der Waals surface area (Å²) in [5, 5.41) is 0. The van der Waals surface area contributed by atoms with Crippen molar-refractivity contribution in [2.75, 3.05) is 0 Å². The summed E-state index contributed by atoms with van der Waals surface area (Å²) >= 11 is 0. The first-order chi connectivity index (χ1) is 11.7. The molecule has 1 rings (SSSR count). The maximum atomic E-state index is 14.3. The summed E-state index contributed by atoms with van der Waals surface area (Å²) < 4.78 is 119. The predicted octanol–water partition coefficient (Wildman–Crippen LogP) is 7.48. The number of hydrogen-bond donors (Lipinski definition) is 0. The van der Waals surface area contributed by atoms with Crippen LogP contribution in [0.5, 0.6) is 0 Å². The topological polar surface area (TPSA) is 0 Å². The van der Waals surface area contributed by atoms with E-state index in [2.05, 4.69) is 0 Å². The fourth-order valence-electron chi connectivity index (χ4n) is 3.79. The van der Waals surface area contributed by atoms with Gasteiger partial charge in [-0.05, 0) is 31.1 Å². The van der Waals surface area contributed by atoms with E-state index in [1.54, 1.807) is 6.92 Å². The monoisotopic (exact) mass is 400 g/mol. The van der Waals surface area contributed by atoms with Crippen molar-refractivity contribution in [2.24, 2.45) is 17.8 Å². The lowest BCUT2D eigenvalue weighted by molar-refractivity contribution is -0.404. The van der Waals surface area contributed by atoms with Crippen LogP contribution in [0.2, 0.25) is 0 Å². The molecule has 1 aliphatic rings. The molecular weight excluding hydrogens is 375 g/mol. The molecule has 0 aromatic heterocycles. The lowest BCUT2D eigenvalue weighted by Gasteiger charge is -2.38. The Morgan fingerprint density at radius 2 is 1.31 bits per heavy atom. The summed E-state index contributed by atoms with van der Waals surface area (Å²) in [4.78, 5) is 0. The Hall–Kier alpha value is -0.630. The largest absolute Gasteiger partial charge is 0.460 e. The zero-order valence-electron chi connectivity index (χ0n) is 14.8. The van der Waals surface area contributed by atoms with E-state index in [4.69, 9.17) is 0 Å². The Morgan fingerprint density at radius 1 is 0.731 bits per heavy atom. The fourth-order valence-corrected chi connectivity index (χ4v) is 3.79. The number of hydrogen-bond acceptors (Lipinski definition) is 0. The van der Waals surface area contributed by atoms with Crippen molar-refractivity contribution in [3.8, 4) is 0 Å². The summed E-state index contributed by atoms with van der Waals surface area (Å²) in [5.41, 5.74) is 0. The second-order valence-corrected chi connectivity index (χ2v) is 7.23. The van der Waals surface area contributed by atoms with Crippen LogP contribution in [-0.4, -0.2) is 23.9 Å². The Kier molecular flexibility index (Phi) is 7.35. The first-order valence-electron chi connectivity index (χ1n) is 8.94. The van der Waals surface area contributed by atoms with Gasteiger partial charge in [0, 0.05) is 5.92 Å². The molecule has 0 spiro atoms. The molecular formula is C17H25F9. The van der Waals surface area contributed by atoms with Crippen LogP contribution >= 0.6 is 0 Å². The standard InChI is InChI=1S/C17H25F9/c1-3-5-6-7-8-12-9-11(4-2)10-13(12)14(18,19)15(20,21)16(22,23)17(24,25)26/h11-13H,3-10H2,1-2H3. The highest BCUT2D eigenvalue weighted by Crippen LogP contribution is 2.59. The van der Waals surface area contributed by atoms with Crippen molar-refractivity contribution in [1.82, 2.24) is 0 Å². The Balaban J connectivity index is 3.08. The van der Waals surface area contributed by atoms with Gasteiger partial charge in [-0.1, -0.05) is 46.0 Å². The van der Waals surface area contributed by atoms with Crippen LogP contribution < -0.4 is 0 Å². The summed E-state index contributed by atoms with van der Waals surface area (Å²) in [6.07, 6.45) is -3.74. The van der Waals surface area contributed by atoms with E-state index < -0.39 is 42.2 Å². The van der Waals surface area contributed by atoms with Crippen LogP contribution in [0.3, 0.4) is 0 Å². The fraction of sp³-hybridized carbons (Fsp3) is 1.00. The molecule has 0 radical (unpaired) electrons. The van der Waals surface area contributed by atoms with Crippen LogP contribution in [0.4, 0.5) is 39.5 Å². The number of alkyl halides is 9. The van der Waals surface area contributed by atoms with Crippen molar-refractivity contribution in [3.63, 3.8) is 0 Å². The summed E-state index contributed by atoms with van der Waals surface area (Å²) in [7, 11) is 0. The van der Waals surface area contributed by atoms with Crippen LogP contribution in [0.1, 0.15) is 65.2 Å². The Labute approximate surface area is 147 Å². The molecule has 26 heavy (non-hydrogen) atoms. The molecule has 9 heteroatoms. The van der Waals surface area contributed by atoms with Crippen LogP contribution in [0.25, 0.3) is 0 Å². The minimum atomic E-state index is -6.79. The third-order valence-corrected chi connectivity index (χ3v) is 5.43. The number of rotatable bonds is 9. The summed E-state index contributed by atoms with van der Waals surface area (Å²) in [6.45, 7) is 3.57. The minimum Gasteiger partial charge on any atom is -0.199 e. The predicted molar refractivity (Wildman–Crippen MR) is 79.7 cm³/mol. The van der Waals surface area contributed by atoms with Crippen molar-refractivity contribution < 1.29 is 39.5 Å². The molecule has 0 N–H and O–H groups in total. The quantitative estimate of drug-likeness (QED) is 0.278. The average molecular weight is 400 g/mol. The Bertz CT molecular complexity index is 442. The van der Waals surface area contributed by atoms with Gasteiger partial charge < -0.3 is 0 Å². The van der Waals surface area contributed by atoms with Gasteiger partial charge in [0.25, 0.3) is 0 Å². The van der Waals surface area contributed by atoms with Crippen molar-refractivity contribution in [3.05, 3.63) is 0 Å². The van der Waals surface area contributed by atoms with E-state index in [9.17, 15) is 39.5 Å². The SMILES string of the molecule is CCCCCCC1CC(CC)CC1C(F)(F)C(F)(F)C(F)(F)C(F)(F)F. The molecule has 3 atom stereocenters. The zero-order valence-corrected chi connectivity index (χ0v) is 14.8.